The minimum absolute atomic E-state index is 0.682. The second-order valence-electron chi connectivity index (χ2n) is 5.21. The number of aromatic nitrogens is 2. The second-order valence-corrected chi connectivity index (χ2v) is 5.21. The van der Waals surface area contributed by atoms with Crippen LogP contribution in [-0.4, -0.2) is 36.6 Å². The van der Waals surface area contributed by atoms with Crippen molar-refractivity contribution < 1.29 is 9.47 Å². The molecular weight excluding hydrogens is 266 g/mol. The summed E-state index contributed by atoms with van der Waals surface area (Å²) in [6.45, 7) is 4.68. The van der Waals surface area contributed by atoms with E-state index >= 15 is 0 Å². The number of ether oxygens (including phenoxy) is 2. The second kappa shape index (κ2) is 6.74. The van der Waals surface area contributed by atoms with Crippen molar-refractivity contribution >= 4 is 5.69 Å². The summed E-state index contributed by atoms with van der Waals surface area (Å²) in [5.74, 6) is 0. The Bertz CT molecular complexity index is 582. The molecule has 3 rings (SSSR count). The highest BCUT2D eigenvalue weighted by Gasteiger charge is 2.15. The number of rotatable bonds is 5. The Morgan fingerprint density at radius 2 is 2.24 bits per heavy atom. The van der Waals surface area contributed by atoms with Crippen molar-refractivity contribution in [2.45, 2.75) is 19.7 Å². The molecule has 1 aliphatic rings. The van der Waals surface area contributed by atoms with Crippen molar-refractivity contribution in [3.8, 4) is 0 Å². The molecule has 1 aliphatic heterocycles. The van der Waals surface area contributed by atoms with Crippen LogP contribution in [0.25, 0.3) is 0 Å². The Morgan fingerprint density at radius 3 is 3.14 bits per heavy atom. The molecule has 21 heavy (non-hydrogen) atoms. The van der Waals surface area contributed by atoms with Gasteiger partial charge >= 0.3 is 0 Å². The fraction of sp³-hybridized carbons (Fsp3) is 0.438. The number of nitrogens with zero attached hydrogens (tertiary/aromatic N) is 3. The number of para-hydroxylation sites is 1. The fourth-order valence-electron chi connectivity index (χ4n) is 2.60. The minimum Gasteiger partial charge on any atom is -0.383 e. The molecule has 5 nitrogen and oxygen atoms in total. The third-order valence-electron chi connectivity index (χ3n) is 3.68. The lowest BCUT2D eigenvalue weighted by molar-refractivity contribution is 0.132. The molecule has 0 bridgehead atoms. The van der Waals surface area contributed by atoms with Crippen LogP contribution in [-0.2, 0) is 29.2 Å². The molecule has 5 heteroatoms. The topological polar surface area (TPSA) is 39.5 Å². The highest BCUT2D eigenvalue weighted by molar-refractivity contribution is 5.54. The first-order valence-corrected chi connectivity index (χ1v) is 7.27. The number of anilines is 1. The van der Waals surface area contributed by atoms with E-state index in [1.54, 1.807) is 7.11 Å². The highest BCUT2D eigenvalue weighted by atomic mass is 16.5. The van der Waals surface area contributed by atoms with Gasteiger partial charge in [-0.2, -0.15) is 5.10 Å². The fourth-order valence-corrected chi connectivity index (χ4v) is 2.60. The van der Waals surface area contributed by atoms with Crippen molar-refractivity contribution in [2.75, 3.05) is 31.8 Å². The monoisotopic (exact) mass is 287 g/mol. The number of benzene rings is 1. The summed E-state index contributed by atoms with van der Waals surface area (Å²) < 4.78 is 12.7. The first-order valence-electron chi connectivity index (χ1n) is 7.27. The number of methoxy groups -OCH3 is 1. The maximum absolute atomic E-state index is 5.67. The number of hydrogen-bond donors (Lipinski definition) is 0. The molecule has 112 valence electrons. The molecule has 2 heterocycles. The lowest BCUT2D eigenvalue weighted by Crippen LogP contribution is -2.25. The third kappa shape index (κ3) is 3.43. The van der Waals surface area contributed by atoms with E-state index in [1.165, 1.54) is 16.8 Å². The van der Waals surface area contributed by atoms with Crippen molar-refractivity contribution in [3.05, 3.63) is 47.8 Å². The first-order chi connectivity index (χ1) is 10.4. The molecule has 0 spiro atoms. The smallest absolute Gasteiger partial charge is 0.0737 e. The zero-order valence-electron chi connectivity index (χ0n) is 12.4. The lowest BCUT2D eigenvalue weighted by atomic mass is 10.1. The van der Waals surface area contributed by atoms with Gasteiger partial charge in [0.25, 0.3) is 0 Å². The molecule has 0 radical (unpaired) electrons. The van der Waals surface area contributed by atoms with Gasteiger partial charge in [0.15, 0.2) is 0 Å². The summed E-state index contributed by atoms with van der Waals surface area (Å²) in [7, 11) is 1.71. The Kier molecular flexibility index (Phi) is 4.52. The van der Waals surface area contributed by atoms with E-state index in [0.717, 1.165) is 26.2 Å². The molecule has 0 amide bonds. The van der Waals surface area contributed by atoms with Gasteiger partial charge in [0.1, 0.15) is 0 Å². The maximum atomic E-state index is 5.67. The summed E-state index contributed by atoms with van der Waals surface area (Å²) in [6.07, 6.45) is 4.03. The van der Waals surface area contributed by atoms with Gasteiger partial charge in [-0.25, -0.2) is 0 Å². The van der Waals surface area contributed by atoms with Crippen molar-refractivity contribution in [2.24, 2.45) is 0 Å². The predicted molar refractivity (Wildman–Crippen MR) is 81.3 cm³/mol. The standard InChI is InChI=1S/C16H21N3O2/c1-20-8-7-19-12-14(10-17-19)11-18-6-9-21-13-15-4-2-3-5-16(15)18/h2-5,10,12H,6-9,11,13H2,1H3. The van der Waals surface area contributed by atoms with E-state index in [9.17, 15) is 0 Å². The van der Waals surface area contributed by atoms with Gasteiger partial charge in [-0.3, -0.25) is 4.68 Å². The van der Waals surface area contributed by atoms with Crippen LogP contribution in [0.1, 0.15) is 11.1 Å². The molecule has 0 saturated carbocycles. The van der Waals surface area contributed by atoms with Crippen LogP contribution in [0.2, 0.25) is 0 Å². The Morgan fingerprint density at radius 1 is 1.33 bits per heavy atom. The van der Waals surface area contributed by atoms with Gasteiger partial charge in [-0.05, 0) is 6.07 Å². The molecular formula is C16H21N3O2. The number of hydrogen-bond acceptors (Lipinski definition) is 4. The zero-order valence-corrected chi connectivity index (χ0v) is 12.4. The average Bonchev–Trinajstić information content (AvgIpc) is 2.86. The Labute approximate surface area is 125 Å². The summed E-state index contributed by atoms with van der Waals surface area (Å²) >= 11 is 0. The van der Waals surface area contributed by atoms with Gasteiger partial charge in [0.2, 0.25) is 0 Å². The van der Waals surface area contributed by atoms with Gasteiger partial charge in [-0.15, -0.1) is 0 Å². The molecule has 0 atom stereocenters. The van der Waals surface area contributed by atoms with Crippen LogP contribution >= 0.6 is 0 Å². The SMILES string of the molecule is COCCn1cc(CN2CCOCc3ccccc32)cn1. The average molecular weight is 287 g/mol. The van der Waals surface area contributed by atoms with Gasteiger partial charge < -0.3 is 14.4 Å². The van der Waals surface area contributed by atoms with Crippen molar-refractivity contribution in [1.29, 1.82) is 0 Å². The Hall–Kier alpha value is -1.85. The van der Waals surface area contributed by atoms with Crippen LogP contribution in [0.3, 0.4) is 0 Å². The molecule has 0 N–H and O–H groups in total. The van der Waals surface area contributed by atoms with E-state index in [-0.39, 0.29) is 0 Å². The van der Waals surface area contributed by atoms with Crippen LogP contribution in [0.15, 0.2) is 36.7 Å². The molecule has 1 aromatic heterocycles. The van der Waals surface area contributed by atoms with E-state index in [2.05, 4.69) is 40.5 Å². The predicted octanol–water partition coefficient (Wildman–Crippen LogP) is 2.07. The van der Waals surface area contributed by atoms with Crippen molar-refractivity contribution in [3.63, 3.8) is 0 Å². The molecule has 0 saturated heterocycles. The largest absolute Gasteiger partial charge is 0.383 e. The van der Waals surface area contributed by atoms with Gasteiger partial charge in [0.05, 0.1) is 32.6 Å². The summed E-state index contributed by atoms with van der Waals surface area (Å²) in [4.78, 5) is 2.36. The summed E-state index contributed by atoms with van der Waals surface area (Å²) in [5, 5.41) is 4.38. The minimum atomic E-state index is 0.682. The third-order valence-corrected chi connectivity index (χ3v) is 3.68. The van der Waals surface area contributed by atoms with Crippen LogP contribution in [0, 0.1) is 0 Å². The summed E-state index contributed by atoms with van der Waals surface area (Å²) in [6, 6.07) is 8.45. The van der Waals surface area contributed by atoms with Crippen LogP contribution in [0.4, 0.5) is 5.69 Å². The van der Waals surface area contributed by atoms with Crippen molar-refractivity contribution in [1.82, 2.24) is 9.78 Å². The first kappa shape index (κ1) is 14.1. The van der Waals surface area contributed by atoms with Crippen LogP contribution < -0.4 is 4.90 Å². The quantitative estimate of drug-likeness (QED) is 0.844. The summed E-state index contributed by atoms with van der Waals surface area (Å²) in [5.41, 5.74) is 3.73. The zero-order chi connectivity index (χ0) is 14.5. The van der Waals surface area contributed by atoms with Gasteiger partial charge in [-0.1, -0.05) is 18.2 Å². The number of fused-ring (bicyclic) bond motifs is 1. The lowest BCUT2D eigenvalue weighted by Gasteiger charge is -2.23. The van der Waals surface area contributed by atoms with E-state index in [1.807, 2.05) is 10.9 Å². The highest BCUT2D eigenvalue weighted by Crippen LogP contribution is 2.25. The van der Waals surface area contributed by atoms with E-state index in [0.29, 0.717) is 13.2 Å². The molecule has 0 unspecified atom stereocenters. The maximum Gasteiger partial charge on any atom is 0.0737 e. The van der Waals surface area contributed by atoms with Gasteiger partial charge in [0, 0.05) is 43.2 Å². The molecule has 0 aliphatic carbocycles. The van der Waals surface area contributed by atoms with Crippen LogP contribution in [0.5, 0.6) is 0 Å². The molecule has 2 aromatic rings. The van der Waals surface area contributed by atoms with E-state index < -0.39 is 0 Å². The normalized spacial score (nSPS) is 14.8. The van der Waals surface area contributed by atoms with E-state index in [4.69, 9.17) is 9.47 Å². The molecule has 0 fully saturated rings. The Balaban J connectivity index is 1.73. The molecule has 1 aromatic carbocycles.